The van der Waals surface area contributed by atoms with Crippen LogP contribution in [0.3, 0.4) is 0 Å². The molecule has 0 spiro atoms. The van der Waals surface area contributed by atoms with Gasteiger partial charge in [-0.15, -0.1) is 0 Å². The minimum atomic E-state index is -0.782. The van der Waals surface area contributed by atoms with E-state index in [1.165, 1.54) is 18.7 Å². The molecule has 0 bridgehead atoms. The number of rotatable bonds is 13. The van der Waals surface area contributed by atoms with E-state index in [0.29, 0.717) is 18.8 Å². The number of hydrogen-bond donors (Lipinski definition) is 3. The highest BCUT2D eigenvalue weighted by Crippen LogP contribution is 2.28. The fourth-order valence-corrected chi connectivity index (χ4v) is 4.82. The van der Waals surface area contributed by atoms with E-state index in [2.05, 4.69) is 21.1 Å². The quantitative estimate of drug-likeness (QED) is 0.356. The summed E-state index contributed by atoms with van der Waals surface area (Å²) in [5, 5.41) is 12.3. The fraction of sp³-hybridized carbons (Fsp3) is 0.586. The third kappa shape index (κ3) is 8.60. The first-order valence-electron chi connectivity index (χ1n) is 13.8. The molecule has 208 valence electrons. The molecule has 1 heterocycles. The second-order valence-corrected chi connectivity index (χ2v) is 10.5. The Balaban J connectivity index is 1.70. The van der Waals surface area contributed by atoms with Crippen molar-refractivity contribution in [2.24, 2.45) is 11.8 Å². The molecule has 9 heteroatoms. The molecule has 3 atom stereocenters. The highest BCUT2D eigenvalue weighted by Gasteiger charge is 2.32. The Labute approximate surface area is 225 Å². The maximum Gasteiger partial charge on any atom is 0.290 e. The van der Waals surface area contributed by atoms with E-state index in [9.17, 15) is 14.4 Å². The van der Waals surface area contributed by atoms with Crippen LogP contribution in [-0.4, -0.2) is 41.1 Å². The second-order valence-electron chi connectivity index (χ2n) is 10.5. The largest absolute Gasteiger partial charge is 0.491 e. The molecule has 0 aliphatic heterocycles. The van der Waals surface area contributed by atoms with Crippen molar-refractivity contribution in [1.29, 1.82) is 0 Å². The number of carbonyl (C=O) groups excluding carboxylic acids is 3. The minimum Gasteiger partial charge on any atom is -0.491 e. The lowest BCUT2D eigenvalue weighted by atomic mass is 9.84. The summed E-state index contributed by atoms with van der Waals surface area (Å²) >= 11 is 0. The van der Waals surface area contributed by atoms with Crippen LogP contribution in [0.1, 0.15) is 88.8 Å². The van der Waals surface area contributed by atoms with Gasteiger partial charge in [-0.1, -0.05) is 75.7 Å². The lowest BCUT2D eigenvalue weighted by Crippen LogP contribution is -2.56. The molecule has 9 nitrogen and oxygen atoms in total. The molecule has 1 aliphatic carbocycles. The molecule has 1 aliphatic rings. The van der Waals surface area contributed by atoms with Gasteiger partial charge in [0.2, 0.25) is 17.6 Å². The van der Waals surface area contributed by atoms with Crippen molar-refractivity contribution in [3.05, 3.63) is 47.9 Å². The maximum atomic E-state index is 13.5. The Hall–Kier alpha value is -3.36. The first-order chi connectivity index (χ1) is 18.3. The number of para-hydroxylation sites is 1. The third-order valence-electron chi connectivity index (χ3n) is 7.16. The zero-order valence-corrected chi connectivity index (χ0v) is 23.0. The lowest BCUT2D eigenvalue weighted by Gasteiger charge is -2.29. The molecule has 3 rings (SSSR count). The predicted octanol–water partition coefficient (Wildman–Crippen LogP) is 4.38. The summed E-state index contributed by atoms with van der Waals surface area (Å²) < 4.78 is 10.8. The van der Waals surface area contributed by atoms with Gasteiger partial charge in [-0.3, -0.25) is 14.4 Å². The molecule has 1 fully saturated rings. The van der Waals surface area contributed by atoms with E-state index in [4.69, 9.17) is 9.26 Å². The number of ether oxygens (including phenoxy) is 1. The van der Waals surface area contributed by atoms with Gasteiger partial charge in [-0.25, -0.2) is 0 Å². The summed E-state index contributed by atoms with van der Waals surface area (Å²) in [5.41, 5.74) is 0.860. The topological polar surface area (TPSA) is 123 Å². The molecule has 2 aromatic rings. The van der Waals surface area contributed by atoms with Gasteiger partial charge in [0.1, 0.15) is 17.8 Å². The molecule has 1 saturated carbocycles. The lowest BCUT2D eigenvalue weighted by molar-refractivity contribution is -0.131. The number of benzene rings is 1. The fourth-order valence-electron chi connectivity index (χ4n) is 4.82. The zero-order chi connectivity index (χ0) is 27.5. The highest BCUT2D eigenvalue weighted by molar-refractivity contribution is 5.96. The zero-order valence-electron chi connectivity index (χ0n) is 23.0. The van der Waals surface area contributed by atoms with Gasteiger partial charge in [-0.2, -0.15) is 0 Å². The Bertz CT molecular complexity index is 1030. The van der Waals surface area contributed by atoms with Crippen molar-refractivity contribution in [2.75, 3.05) is 0 Å². The average molecular weight is 527 g/mol. The normalized spacial score (nSPS) is 16.3. The van der Waals surface area contributed by atoms with E-state index in [-0.39, 0.29) is 36.1 Å². The maximum absolute atomic E-state index is 13.5. The SMILES string of the molecule is CC[C@H](C)[C@H](NC(=O)[C@H](CC1CCCCC1)NC(=O)c1ccno1)C(=O)NCc1ccccc1OC(C)C. The van der Waals surface area contributed by atoms with Crippen molar-refractivity contribution in [2.45, 2.75) is 97.4 Å². The summed E-state index contributed by atoms with van der Waals surface area (Å²) in [4.78, 5) is 39.6. The number of carbonyl (C=O) groups is 3. The minimum absolute atomic E-state index is 0.00673. The van der Waals surface area contributed by atoms with Gasteiger partial charge >= 0.3 is 0 Å². The number of aromatic nitrogens is 1. The van der Waals surface area contributed by atoms with Gasteiger partial charge < -0.3 is 25.2 Å². The van der Waals surface area contributed by atoms with Gasteiger partial charge in [-0.05, 0) is 38.2 Å². The Morgan fingerprint density at radius 3 is 2.42 bits per heavy atom. The highest BCUT2D eigenvalue weighted by atomic mass is 16.5. The number of nitrogens with one attached hydrogen (secondary N) is 3. The van der Waals surface area contributed by atoms with Gasteiger partial charge in [0.15, 0.2) is 0 Å². The summed E-state index contributed by atoms with van der Waals surface area (Å²) in [5.74, 6) is -0.147. The number of hydrogen-bond acceptors (Lipinski definition) is 6. The van der Waals surface area contributed by atoms with Crippen LogP contribution in [0.4, 0.5) is 0 Å². The summed E-state index contributed by atoms with van der Waals surface area (Å²) in [6.45, 7) is 8.10. The first-order valence-corrected chi connectivity index (χ1v) is 13.8. The van der Waals surface area contributed by atoms with Crippen LogP contribution in [0.5, 0.6) is 5.75 Å². The van der Waals surface area contributed by atoms with E-state index >= 15 is 0 Å². The smallest absolute Gasteiger partial charge is 0.290 e. The molecule has 38 heavy (non-hydrogen) atoms. The molecular formula is C29H42N4O5. The van der Waals surface area contributed by atoms with E-state index < -0.39 is 18.0 Å². The monoisotopic (exact) mass is 526 g/mol. The third-order valence-corrected chi connectivity index (χ3v) is 7.16. The Morgan fingerprint density at radius 2 is 1.76 bits per heavy atom. The predicted molar refractivity (Wildman–Crippen MR) is 144 cm³/mol. The van der Waals surface area contributed by atoms with Gasteiger partial charge in [0.25, 0.3) is 5.91 Å². The van der Waals surface area contributed by atoms with Crippen molar-refractivity contribution >= 4 is 17.7 Å². The second kappa shape index (κ2) is 14.5. The van der Waals surface area contributed by atoms with Crippen LogP contribution in [0.25, 0.3) is 0 Å². The molecule has 0 unspecified atom stereocenters. The Morgan fingerprint density at radius 1 is 1.03 bits per heavy atom. The van der Waals surface area contributed by atoms with Crippen LogP contribution in [0, 0.1) is 11.8 Å². The number of amides is 3. The van der Waals surface area contributed by atoms with Gasteiger partial charge in [0.05, 0.1) is 12.3 Å². The van der Waals surface area contributed by atoms with Crippen molar-refractivity contribution in [3.8, 4) is 5.75 Å². The molecule has 0 radical (unpaired) electrons. The first kappa shape index (κ1) is 29.2. The standard InChI is InChI=1S/C29H42N4O5/c1-5-20(4)26(29(36)30-18-22-13-9-10-14-24(22)37-19(2)3)33-27(34)23(17-21-11-7-6-8-12-21)32-28(35)25-15-16-31-38-25/h9-10,13-16,19-21,23,26H,5-8,11-12,17-18H2,1-4H3,(H,30,36)(H,32,35)(H,33,34)/t20-,23-,26-/m0/s1. The van der Waals surface area contributed by atoms with Crippen molar-refractivity contribution < 1.29 is 23.6 Å². The molecule has 3 amide bonds. The van der Waals surface area contributed by atoms with Crippen LogP contribution in [0.2, 0.25) is 0 Å². The van der Waals surface area contributed by atoms with E-state index in [1.54, 1.807) is 0 Å². The summed E-state index contributed by atoms with van der Waals surface area (Å²) in [6.07, 6.45) is 8.09. The van der Waals surface area contributed by atoms with Crippen molar-refractivity contribution in [3.63, 3.8) is 0 Å². The van der Waals surface area contributed by atoms with Crippen molar-refractivity contribution in [1.82, 2.24) is 21.1 Å². The van der Waals surface area contributed by atoms with Gasteiger partial charge in [0, 0.05) is 18.2 Å². The number of nitrogens with zero attached hydrogens (tertiary/aromatic N) is 1. The van der Waals surface area contributed by atoms with Crippen LogP contribution in [-0.2, 0) is 16.1 Å². The van der Waals surface area contributed by atoms with E-state index in [1.807, 2.05) is 52.0 Å². The summed E-state index contributed by atoms with van der Waals surface area (Å²) in [6, 6.07) is 7.51. The summed E-state index contributed by atoms with van der Waals surface area (Å²) in [7, 11) is 0. The molecular weight excluding hydrogens is 484 g/mol. The van der Waals surface area contributed by atoms with Crippen LogP contribution in [0.15, 0.2) is 41.1 Å². The molecule has 0 saturated heterocycles. The van der Waals surface area contributed by atoms with Crippen LogP contribution >= 0.6 is 0 Å². The molecule has 3 N–H and O–H groups in total. The average Bonchev–Trinajstić information content (AvgIpc) is 3.46. The molecule has 1 aromatic carbocycles. The van der Waals surface area contributed by atoms with E-state index in [0.717, 1.165) is 37.0 Å². The Kier molecular flexibility index (Phi) is 11.2. The molecule has 1 aromatic heterocycles. The van der Waals surface area contributed by atoms with Crippen LogP contribution < -0.4 is 20.7 Å².